The van der Waals surface area contributed by atoms with E-state index in [9.17, 15) is 13.2 Å². The predicted molar refractivity (Wildman–Crippen MR) is 116 cm³/mol. The predicted octanol–water partition coefficient (Wildman–Crippen LogP) is 3.56. The maximum atomic E-state index is 12.7. The van der Waals surface area contributed by atoms with Crippen LogP contribution in [-0.2, 0) is 10.0 Å². The van der Waals surface area contributed by atoms with E-state index in [4.69, 9.17) is 0 Å². The largest absolute Gasteiger partial charge is 0.335 e. The second-order valence-electron chi connectivity index (χ2n) is 8.47. The number of nitrogens with one attached hydrogen (secondary N) is 1. The second kappa shape index (κ2) is 9.94. The molecule has 1 heterocycles. The third-order valence-electron chi connectivity index (χ3n) is 6.47. The molecule has 2 amide bonds. The van der Waals surface area contributed by atoms with Gasteiger partial charge in [-0.05, 0) is 56.4 Å². The molecule has 0 bridgehead atoms. The fourth-order valence-electron chi connectivity index (χ4n) is 4.63. The van der Waals surface area contributed by atoms with Gasteiger partial charge in [0.1, 0.15) is 0 Å². The molecule has 1 aromatic carbocycles. The number of nitrogens with zero attached hydrogens (tertiary/aromatic N) is 2. The Hall–Kier alpha value is -1.60. The van der Waals surface area contributed by atoms with Crippen LogP contribution in [0, 0.1) is 0 Å². The van der Waals surface area contributed by atoms with Crippen molar-refractivity contribution in [3.05, 3.63) is 35.9 Å². The Labute approximate surface area is 175 Å². The molecule has 1 aliphatic heterocycles. The van der Waals surface area contributed by atoms with Crippen molar-refractivity contribution in [2.45, 2.75) is 69.9 Å². The summed E-state index contributed by atoms with van der Waals surface area (Å²) in [5, 5.41) is 3.20. The molecule has 0 atom stereocenters. The molecule has 1 saturated carbocycles. The van der Waals surface area contributed by atoms with Gasteiger partial charge in [0.05, 0.1) is 5.75 Å². The monoisotopic (exact) mass is 421 g/mol. The third kappa shape index (κ3) is 5.72. The highest BCUT2D eigenvalue weighted by Gasteiger charge is 2.31. The van der Waals surface area contributed by atoms with E-state index >= 15 is 0 Å². The summed E-state index contributed by atoms with van der Waals surface area (Å²) in [5.41, 5.74) is 1.40. The number of carbonyl (C=O) groups excluding carboxylic acids is 1. The summed E-state index contributed by atoms with van der Waals surface area (Å²) in [6.45, 7) is 2.90. The van der Waals surface area contributed by atoms with Crippen LogP contribution in [0.1, 0.15) is 63.4 Å². The normalized spacial score (nSPS) is 24.2. The number of benzene rings is 1. The Morgan fingerprint density at radius 2 is 1.69 bits per heavy atom. The Morgan fingerprint density at radius 3 is 2.28 bits per heavy atom. The van der Waals surface area contributed by atoms with Crippen LogP contribution < -0.4 is 5.32 Å². The van der Waals surface area contributed by atoms with Crippen LogP contribution in [-0.4, -0.2) is 61.6 Å². The van der Waals surface area contributed by atoms with Crippen molar-refractivity contribution in [3.63, 3.8) is 0 Å². The lowest BCUT2D eigenvalue weighted by molar-refractivity contribution is 0.157. The molecule has 29 heavy (non-hydrogen) atoms. The maximum absolute atomic E-state index is 12.7. The minimum atomic E-state index is -3.14. The van der Waals surface area contributed by atoms with Gasteiger partial charge in [0, 0.05) is 32.2 Å². The fourth-order valence-corrected chi connectivity index (χ4v) is 6.17. The highest BCUT2D eigenvalue weighted by Crippen LogP contribution is 2.32. The van der Waals surface area contributed by atoms with Gasteiger partial charge in [0.2, 0.25) is 10.0 Å². The Balaban J connectivity index is 1.43. The van der Waals surface area contributed by atoms with Crippen molar-refractivity contribution in [2.24, 2.45) is 0 Å². The molecule has 2 aliphatic rings. The number of urea groups is 1. The van der Waals surface area contributed by atoms with E-state index in [1.165, 1.54) is 5.56 Å². The lowest BCUT2D eigenvalue weighted by Gasteiger charge is -2.37. The summed E-state index contributed by atoms with van der Waals surface area (Å²) >= 11 is 0. The summed E-state index contributed by atoms with van der Waals surface area (Å²) in [5.74, 6) is 0.802. The second-order valence-corrected chi connectivity index (χ2v) is 10.6. The van der Waals surface area contributed by atoms with Crippen LogP contribution in [0.4, 0.5) is 4.79 Å². The first-order chi connectivity index (χ1) is 13.9. The number of piperidine rings is 1. The van der Waals surface area contributed by atoms with Gasteiger partial charge in [-0.15, -0.1) is 0 Å². The van der Waals surface area contributed by atoms with E-state index in [0.717, 1.165) is 25.7 Å². The van der Waals surface area contributed by atoms with Gasteiger partial charge in [0.25, 0.3) is 0 Å². The third-order valence-corrected chi connectivity index (χ3v) is 8.55. The molecule has 1 aliphatic carbocycles. The van der Waals surface area contributed by atoms with Crippen LogP contribution in [0.3, 0.4) is 0 Å². The molecular weight excluding hydrogens is 386 g/mol. The molecule has 6 nitrogen and oxygen atoms in total. The quantitative estimate of drug-likeness (QED) is 0.764. The average Bonchev–Trinajstić information content (AvgIpc) is 2.74. The van der Waals surface area contributed by atoms with Crippen molar-refractivity contribution in [1.29, 1.82) is 0 Å². The van der Waals surface area contributed by atoms with E-state index in [1.54, 1.807) is 9.21 Å². The topological polar surface area (TPSA) is 69.7 Å². The molecule has 1 aromatic rings. The summed E-state index contributed by atoms with van der Waals surface area (Å²) in [7, 11) is -1.30. The molecule has 162 valence electrons. The molecule has 7 heteroatoms. The summed E-state index contributed by atoms with van der Waals surface area (Å²) in [6, 6.07) is 10.9. The van der Waals surface area contributed by atoms with E-state index in [0.29, 0.717) is 38.3 Å². The van der Waals surface area contributed by atoms with Gasteiger partial charge in [-0.3, -0.25) is 0 Å². The number of sulfonamides is 1. The van der Waals surface area contributed by atoms with Crippen molar-refractivity contribution in [1.82, 2.24) is 14.5 Å². The van der Waals surface area contributed by atoms with Gasteiger partial charge in [-0.25, -0.2) is 17.5 Å². The SMILES string of the molecule is CCCS(=O)(=O)N1CCC(N(C)C(=O)NC2CCC(c3ccccc3)CC2)CC1. The number of carbonyl (C=O) groups is 1. The van der Waals surface area contributed by atoms with Gasteiger partial charge in [-0.2, -0.15) is 0 Å². The Morgan fingerprint density at radius 1 is 1.07 bits per heavy atom. The maximum Gasteiger partial charge on any atom is 0.317 e. The zero-order valence-corrected chi connectivity index (χ0v) is 18.5. The highest BCUT2D eigenvalue weighted by molar-refractivity contribution is 7.89. The van der Waals surface area contributed by atoms with E-state index in [1.807, 2.05) is 14.0 Å². The summed E-state index contributed by atoms with van der Waals surface area (Å²) in [6.07, 6.45) is 6.26. The van der Waals surface area contributed by atoms with Gasteiger partial charge in [0.15, 0.2) is 0 Å². The smallest absolute Gasteiger partial charge is 0.317 e. The lowest BCUT2D eigenvalue weighted by atomic mass is 9.82. The molecule has 0 radical (unpaired) electrons. The lowest BCUT2D eigenvalue weighted by Crippen LogP contribution is -2.52. The molecule has 0 unspecified atom stereocenters. The molecule has 0 aromatic heterocycles. The first-order valence-electron chi connectivity index (χ1n) is 11.0. The molecule has 1 N–H and O–H groups in total. The zero-order valence-electron chi connectivity index (χ0n) is 17.7. The van der Waals surface area contributed by atoms with Crippen molar-refractivity contribution >= 4 is 16.1 Å². The first kappa shape index (κ1) is 22.1. The van der Waals surface area contributed by atoms with Crippen LogP contribution in [0.15, 0.2) is 30.3 Å². The minimum Gasteiger partial charge on any atom is -0.335 e. The fraction of sp³-hybridized carbons (Fsp3) is 0.682. The molecular formula is C22H35N3O3S. The van der Waals surface area contributed by atoms with Crippen LogP contribution in [0.2, 0.25) is 0 Å². The van der Waals surface area contributed by atoms with Crippen LogP contribution in [0.5, 0.6) is 0 Å². The molecule has 0 spiro atoms. The average molecular weight is 422 g/mol. The molecule has 2 fully saturated rings. The number of hydrogen-bond acceptors (Lipinski definition) is 3. The molecule has 1 saturated heterocycles. The number of rotatable bonds is 6. The van der Waals surface area contributed by atoms with Crippen molar-refractivity contribution < 1.29 is 13.2 Å². The van der Waals surface area contributed by atoms with Gasteiger partial charge >= 0.3 is 6.03 Å². The number of amides is 2. The van der Waals surface area contributed by atoms with Crippen molar-refractivity contribution in [2.75, 3.05) is 25.9 Å². The standard InChI is InChI=1S/C22H35N3O3S/c1-3-17-29(27,28)25-15-13-21(14-16-25)24(2)22(26)23-20-11-9-19(10-12-20)18-7-5-4-6-8-18/h4-8,19-21H,3,9-17H2,1-2H3,(H,23,26). The van der Waals surface area contributed by atoms with E-state index in [-0.39, 0.29) is 23.9 Å². The van der Waals surface area contributed by atoms with Gasteiger partial charge in [-0.1, -0.05) is 37.3 Å². The van der Waals surface area contributed by atoms with Crippen LogP contribution in [0.25, 0.3) is 0 Å². The minimum absolute atomic E-state index is 0.0250. The Kier molecular flexibility index (Phi) is 7.57. The van der Waals surface area contributed by atoms with E-state index < -0.39 is 10.0 Å². The van der Waals surface area contributed by atoms with E-state index in [2.05, 4.69) is 35.6 Å². The van der Waals surface area contributed by atoms with Crippen molar-refractivity contribution in [3.8, 4) is 0 Å². The first-order valence-corrected chi connectivity index (χ1v) is 12.6. The van der Waals surface area contributed by atoms with Gasteiger partial charge < -0.3 is 10.2 Å². The Bertz CT molecular complexity index is 753. The van der Waals surface area contributed by atoms with Crippen LogP contribution >= 0.6 is 0 Å². The summed E-state index contributed by atoms with van der Waals surface area (Å²) < 4.78 is 26.0. The zero-order chi connectivity index (χ0) is 20.9. The molecule has 3 rings (SSSR count). The highest BCUT2D eigenvalue weighted by atomic mass is 32.2. The summed E-state index contributed by atoms with van der Waals surface area (Å²) in [4.78, 5) is 14.5. The number of hydrogen-bond donors (Lipinski definition) is 1.